The van der Waals surface area contributed by atoms with Gasteiger partial charge in [-0.1, -0.05) is 0 Å². The van der Waals surface area contributed by atoms with Crippen molar-refractivity contribution in [2.75, 3.05) is 5.32 Å². The molecule has 12 heavy (non-hydrogen) atoms. The molecule has 1 unspecified atom stereocenters. The maximum absolute atomic E-state index is 4.32. The fourth-order valence-corrected chi connectivity index (χ4v) is 1.40. The number of anilines is 1. The summed E-state index contributed by atoms with van der Waals surface area (Å²) in [5.41, 5.74) is 2.44. The monoisotopic (exact) mass is 163 g/mol. The van der Waals surface area contributed by atoms with Crippen molar-refractivity contribution in [2.24, 2.45) is 0 Å². The zero-order valence-corrected chi connectivity index (χ0v) is 7.60. The maximum Gasteiger partial charge on any atom is 0.152 e. The number of imidazole rings is 1. The average molecular weight is 163 g/mol. The number of H-pyrrole nitrogens is 1. The van der Waals surface area contributed by atoms with Crippen molar-refractivity contribution in [3.63, 3.8) is 0 Å². The molecule has 0 saturated heterocycles. The first-order valence-corrected chi connectivity index (χ1v) is 4.18. The Kier molecular flexibility index (Phi) is 1.46. The van der Waals surface area contributed by atoms with E-state index in [0.717, 1.165) is 17.3 Å². The molecule has 2 rings (SSSR count). The molecule has 1 aliphatic rings. The first-order chi connectivity index (χ1) is 5.66. The molecule has 0 spiro atoms. The molecular weight excluding hydrogens is 150 g/mol. The molecule has 0 saturated carbocycles. The van der Waals surface area contributed by atoms with Crippen molar-refractivity contribution in [2.45, 2.75) is 26.8 Å². The van der Waals surface area contributed by atoms with Gasteiger partial charge in [0.05, 0.1) is 5.69 Å². The van der Waals surface area contributed by atoms with Crippen LogP contribution < -0.4 is 5.32 Å². The van der Waals surface area contributed by atoms with E-state index in [9.17, 15) is 0 Å². The van der Waals surface area contributed by atoms with Crippen LogP contribution in [-0.4, -0.2) is 16.0 Å². The van der Waals surface area contributed by atoms with Crippen LogP contribution in [0.15, 0.2) is 5.57 Å². The van der Waals surface area contributed by atoms with E-state index in [0.29, 0.717) is 6.04 Å². The minimum atomic E-state index is 0.403. The smallest absolute Gasteiger partial charge is 0.152 e. The Bertz CT molecular complexity index is 336. The number of rotatable bonds is 0. The van der Waals surface area contributed by atoms with Crippen molar-refractivity contribution in [1.82, 2.24) is 9.97 Å². The molecule has 2 heterocycles. The van der Waals surface area contributed by atoms with E-state index >= 15 is 0 Å². The van der Waals surface area contributed by atoms with Crippen LogP contribution in [0, 0.1) is 6.92 Å². The highest BCUT2D eigenvalue weighted by Crippen LogP contribution is 2.23. The van der Waals surface area contributed by atoms with Crippen LogP contribution in [0.3, 0.4) is 0 Å². The summed E-state index contributed by atoms with van der Waals surface area (Å²) in [5, 5.41) is 3.32. The van der Waals surface area contributed by atoms with Crippen LogP contribution in [0.5, 0.6) is 0 Å². The fraction of sp³-hybridized carbons (Fsp3) is 0.444. The Morgan fingerprint density at radius 1 is 1.42 bits per heavy atom. The topological polar surface area (TPSA) is 40.7 Å². The van der Waals surface area contributed by atoms with Gasteiger partial charge in [-0.2, -0.15) is 0 Å². The third-order valence-corrected chi connectivity index (χ3v) is 2.26. The molecule has 64 valence electrons. The number of hydrogen-bond donors (Lipinski definition) is 2. The zero-order valence-electron chi connectivity index (χ0n) is 7.60. The second kappa shape index (κ2) is 2.37. The van der Waals surface area contributed by atoms with E-state index in [4.69, 9.17) is 0 Å². The van der Waals surface area contributed by atoms with Gasteiger partial charge in [0.25, 0.3) is 0 Å². The van der Waals surface area contributed by atoms with Gasteiger partial charge in [-0.05, 0) is 32.4 Å². The summed E-state index contributed by atoms with van der Waals surface area (Å²) < 4.78 is 0. The first kappa shape index (κ1) is 7.40. The highest BCUT2D eigenvalue weighted by atomic mass is 15.1. The lowest BCUT2D eigenvalue weighted by molar-refractivity contribution is 0.911. The standard InChI is InChI=1S/C9H13N3/c1-5-4-8-9(10-6(5)2)12-7(3)11-8/h4,6,10H,1-3H3,(H,11,12). The second-order valence-corrected chi connectivity index (χ2v) is 3.34. The van der Waals surface area contributed by atoms with Gasteiger partial charge in [0, 0.05) is 6.04 Å². The normalized spacial score (nSPS) is 21.2. The quantitative estimate of drug-likeness (QED) is 0.613. The van der Waals surface area contributed by atoms with Gasteiger partial charge in [-0.3, -0.25) is 0 Å². The van der Waals surface area contributed by atoms with Crippen LogP contribution in [0.1, 0.15) is 25.4 Å². The minimum absolute atomic E-state index is 0.403. The van der Waals surface area contributed by atoms with E-state index in [1.807, 2.05) is 6.92 Å². The average Bonchev–Trinajstić information content (AvgIpc) is 2.30. The molecule has 0 radical (unpaired) electrons. The van der Waals surface area contributed by atoms with Gasteiger partial charge in [-0.15, -0.1) is 0 Å². The van der Waals surface area contributed by atoms with E-state index in [-0.39, 0.29) is 0 Å². The molecule has 2 N–H and O–H groups in total. The van der Waals surface area contributed by atoms with Gasteiger partial charge in [0.1, 0.15) is 5.82 Å². The van der Waals surface area contributed by atoms with Crippen LogP contribution in [0.25, 0.3) is 6.08 Å². The van der Waals surface area contributed by atoms with Gasteiger partial charge in [0.2, 0.25) is 0 Å². The Labute approximate surface area is 71.9 Å². The van der Waals surface area contributed by atoms with Crippen LogP contribution >= 0.6 is 0 Å². The summed E-state index contributed by atoms with van der Waals surface area (Å²) in [6.07, 6.45) is 2.15. The number of aryl methyl sites for hydroxylation is 1. The molecule has 3 heteroatoms. The Morgan fingerprint density at radius 2 is 2.17 bits per heavy atom. The third kappa shape index (κ3) is 1.02. The molecule has 0 amide bonds. The predicted octanol–water partition coefficient (Wildman–Crippen LogP) is 1.94. The summed E-state index contributed by atoms with van der Waals surface area (Å²) in [7, 11) is 0. The molecule has 3 nitrogen and oxygen atoms in total. The number of fused-ring (bicyclic) bond motifs is 1. The lowest BCUT2D eigenvalue weighted by atomic mass is 10.1. The molecule has 1 aliphatic heterocycles. The van der Waals surface area contributed by atoms with E-state index in [2.05, 4.69) is 35.2 Å². The number of nitrogens with zero attached hydrogens (tertiary/aromatic N) is 1. The molecule has 0 fully saturated rings. The molecule has 0 aliphatic carbocycles. The summed E-state index contributed by atoms with van der Waals surface area (Å²) >= 11 is 0. The Balaban J connectivity index is 2.48. The second-order valence-electron chi connectivity index (χ2n) is 3.34. The summed E-state index contributed by atoms with van der Waals surface area (Å²) in [4.78, 5) is 7.52. The van der Waals surface area contributed by atoms with Crippen LogP contribution in [0.4, 0.5) is 5.82 Å². The highest BCUT2D eigenvalue weighted by Gasteiger charge is 2.15. The summed E-state index contributed by atoms with van der Waals surface area (Å²) in [6.45, 7) is 6.23. The molecule has 1 aromatic rings. The molecule has 1 atom stereocenters. The van der Waals surface area contributed by atoms with Crippen molar-refractivity contribution in [3.8, 4) is 0 Å². The van der Waals surface area contributed by atoms with Gasteiger partial charge >= 0.3 is 0 Å². The number of nitrogens with one attached hydrogen (secondary N) is 2. The summed E-state index contributed by atoms with van der Waals surface area (Å²) in [5.74, 6) is 1.94. The van der Waals surface area contributed by atoms with E-state index in [1.165, 1.54) is 5.57 Å². The molecular formula is C9H13N3. The molecule has 1 aromatic heterocycles. The van der Waals surface area contributed by atoms with Crippen molar-refractivity contribution in [3.05, 3.63) is 17.1 Å². The SMILES string of the molecule is CC1=Cc2[nH]c(C)nc2NC1C. The lowest BCUT2D eigenvalue weighted by Crippen LogP contribution is -2.20. The van der Waals surface area contributed by atoms with Crippen molar-refractivity contribution < 1.29 is 0 Å². The van der Waals surface area contributed by atoms with Crippen molar-refractivity contribution >= 4 is 11.9 Å². The number of hydrogen-bond acceptors (Lipinski definition) is 2. The zero-order chi connectivity index (χ0) is 8.72. The Hall–Kier alpha value is -1.25. The highest BCUT2D eigenvalue weighted by molar-refractivity contribution is 5.67. The van der Waals surface area contributed by atoms with Crippen molar-refractivity contribution in [1.29, 1.82) is 0 Å². The van der Waals surface area contributed by atoms with Gasteiger partial charge < -0.3 is 10.3 Å². The molecule has 0 bridgehead atoms. The third-order valence-electron chi connectivity index (χ3n) is 2.26. The first-order valence-electron chi connectivity index (χ1n) is 4.18. The van der Waals surface area contributed by atoms with Gasteiger partial charge in [0.15, 0.2) is 5.82 Å². The van der Waals surface area contributed by atoms with Crippen LogP contribution in [0.2, 0.25) is 0 Å². The largest absolute Gasteiger partial charge is 0.362 e. The van der Waals surface area contributed by atoms with Crippen LogP contribution in [-0.2, 0) is 0 Å². The summed E-state index contributed by atoms with van der Waals surface area (Å²) in [6, 6.07) is 0.403. The fourth-order valence-electron chi connectivity index (χ4n) is 1.40. The number of aromatic nitrogens is 2. The lowest BCUT2D eigenvalue weighted by Gasteiger charge is -2.19. The Morgan fingerprint density at radius 3 is 2.92 bits per heavy atom. The van der Waals surface area contributed by atoms with Gasteiger partial charge in [-0.25, -0.2) is 4.98 Å². The maximum atomic E-state index is 4.32. The number of aromatic amines is 1. The van der Waals surface area contributed by atoms with E-state index < -0.39 is 0 Å². The predicted molar refractivity (Wildman–Crippen MR) is 50.1 cm³/mol. The molecule has 0 aromatic carbocycles. The minimum Gasteiger partial charge on any atom is -0.362 e. The van der Waals surface area contributed by atoms with E-state index in [1.54, 1.807) is 0 Å².